The van der Waals surface area contributed by atoms with E-state index >= 15 is 0 Å². The number of halogens is 1. The molecule has 136 valence electrons. The van der Waals surface area contributed by atoms with Crippen LogP contribution in [0.2, 0.25) is 5.02 Å². The van der Waals surface area contributed by atoms with Crippen LogP contribution in [-0.4, -0.2) is 47.9 Å². The minimum absolute atomic E-state index is 0.0116. The smallest absolute Gasteiger partial charge is 0.254 e. The number of ether oxygens (including phenoxy) is 2. The first-order valence-corrected chi connectivity index (χ1v) is 9.08. The maximum Gasteiger partial charge on any atom is 0.254 e. The van der Waals surface area contributed by atoms with Crippen LogP contribution in [0.4, 0.5) is 11.5 Å². The van der Waals surface area contributed by atoms with Gasteiger partial charge in [-0.05, 0) is 24.3 Å². The lowest BCUT2D eigenvalue weighted by Gasteiger charge is -2.37. The maximum atomic E-state index is 12.8. The second-order valence-electron chi connectivity index (χ2n) is 6.43. The van der Waals surface area contributed by atoms with E-state index in [0.717, 1.165) is 5.69 Å². The third-order valence-electron chi connectivity index (χ3n) is 4.77. The number of para-hydroxylation sites is 1. The van der Waals surface area contributed by atoms with Gasteiger partial charge in [0.15, 0.2) is 5.79 Å². The molecule has 1 aromatic heterocycles. The fourth-order valence-electron chi connectivity index (χ4n) is 3.35. The zero-order chi connectivity index (χ0) is 18.0. The molecule has 0 radical (unpaired) electrons. The van der Waals surface area contributed by atoms with Crippen LogP contribution in [0.15, 0.2) is 42.6 Å². The van der Waals surface area contributed by atoms with E-state index in [2.05, 4.69) is 10.3 Å². The van der Waals surface area contributed by atoms with Crippen molar-refractivity contribution in [3.63, 3.8) is 0 Å². The number of pyridine rings is 1. The summed E-state index contributed by atoms with van der Waals surface area (Å²) in [6.07, 6.45) is 3.03. The molecule has 1 amide bonds. The largest absolute Gasteiger partial charge is 0.347 e. The molecule has 2 aliphatic rings. The first-order chi connectivity index (χ1) is 12.7. The molecule has 0 atom stereocenters. The number of nitrogens with one attached hydrogen (secondary N) is 1. The Bertz CT molecular complexity index is 798. The van der Waals surface area contributed by atoms with Crippen molar-refractivity contribution in [2.45, 2.75) is 18.6 Å². The van der Waals surface area contributed by atoms with Crippen LogP contribution in [0.5, 0.6) is 0 Å². The number of rotatable bonds is 3. The minimum atomic E-state index is -0.480. The van der Waals surface area contributed by atoms with Crippen LogP contribution >= 0.6 is 11.6 Å². The second-order valence-corrected chi connectivity index (χ2v) is 6.84. The minimum Gasteiger partial charge on any atom is -0.347 e. The zero-order valence-electron chi connectivity index (χ0n) is 14.3. The average molecular weight is 374 g/mol. The molecule has 3 heterocycles. The summed E-state index contributed by atoms with van der Waals surface area (Å²) in [4.78, 5) is 19.0. The summed E-state index contributed by atoms with van der Waals surface area (Å²) >= 11 is 6.17. The highest BCUT2D eigenvalue weighted by Gasteiger charge is 2.40. The molecule has 2 aromatic rings. The van der Waals surface area contributed by atoms with Gasteiger partial charge in [-0.15, -0.1) is 0 Å². The molecule has 0 bridgehead atoms. The molecule has 0 unspecified atom stereocenters. The topological polar surface area (TPSA) is 63.7 Å². The molecule has 6 nitrogen and oxygen atoms in total. The summed E-state index contributed by atoms with van der Waals surface area (Å²) in [6.45, 7) is 2.51. The van der Waals surface area contributed by atoms with Crippen LogP contribution in [0, 0.1) is 0 Å². The molecule has 26 heavy (non-hydrogen) atoms. The predicted molar refractivity (Wildman–Crippen MR) is 98.7 cm³/mol. The number of hydrogen-bond donors (Lipinski definition) is 1. The van der Waals surface area contributed by atoms with E-state index in [4.69, 9.17) is 21.1 Å². The number of piperidine rings is 1. The molecule has 7 heteroatoms. The Labute approximate surface area is 157 Å². The highest BCUT2D eigenvalue weighted by atomic mass is 35.5. The van der Waals surface area contributed by atoms with Gasteiger partial charge in [-0.25, -0.2) is 4.98 Å². The van der Waals surface area contributed by atoms with Crippen LogP contribution in [0.1, 0.15) is 23.2 Å². The SMILES string of the molecule is O=C(c1ccnc(Nc2ccccc2Cl)c1)N1CCC2(CC1)OCCO2. The fraction of sp³-hybridized carbons (Fsp3) is 0.368. The van der Waals surface area contributed by atoms with Gasteiger partial charge < -0.3 is 19.7 Å². The predicted octanol–water partition coefficient (Wildman–Crippen LogP) is 3.46. The molecule has 1 N–H and O–H groups in total. The molecule has 0 aliphatic carbocycles. The third-order valence-corrected chi connectivity index (χ3v) is 5.10. The summed E-state index contributed by atoms with van der Waals surface area (Å²) in [5.41, 5.74) is 1.35. The van der Waals surface area contributed by atoms with Crippen LogP contribution in [-0.2, 0) is 9.47 Å². The number of anilines is 2. The Morgan fingerprint density at radius 2 is 1.88 bits per heavy atom. The number of carbonyl (C=O) groups is 1. The molecule has 2 fully saturated rings. The quantitative estimate of drug-likeness (QED) is 0.892. The number of hydrogen-bond acceptors (Lipinski definition) is 5. The molecular weight excluding hydrogens is 354 g/mol. The van der Waals surface area contributed by atoms with Crippen molar-refractivity contribution in [1.82, 2.24) is 9.88 Å². The molecule has 0 saturated carbocycles. The summed E-state index contributed by atoms with van der Waals surface area (Å²) in [5, 5.41) is 3.76. The number of likely N-dealkylation sites (tertiary alicyclic amines) is 1. The zero-order valence-corrected chi connectivity index (χ0v) is 15.0. The maximum absolute atomic E-state index is 12.8. The van der Waals surface area contributed by atoms with Gasteiger partial charge in [0.25, 0.3) is 5.91 Å². The van der Waals surface area contributed by atoms with E-state index in [0.29, 0.717) is 55.5 Å². The van der Waals surface area contributed by atoms with Crippen LogP contribution < -0.4 is 5.32 Å². The van der Waals surface area contributed by atoms with Crippen molar-refractivity contribution in [1.29, 1.82) is 0 Å². The second kappa shape index (κ2) is 7.23. The molecule has 1 spiro atoms. The van der Waals surface area contributed by atoms with E-state index in [-0.39, 0.29) is 5.91 Å². The first kappa shape index (κ1) is 17.3. The van der Waals surface area contributed by atoms with E-state index in [1.54, 1.807) is 24.4 Å². The third kappa shape index (κ3) is 3.53. The number of nitrogens with zero attached hydrogens (tertiary/aromatic N) is 2. The summed E-state index contributed by atoms with van der Waals surface area (Å²) < 4.78 is 11.4. The highest BCUT2D eigenvalue weighted by molar-refractivity contribution is 6.33. The van der Waals surface area contributed by atoms with Crippen molar-refractivity contribution in [3.05, 3.63) is 53.2 Å². The van der Waals surface area contributed by atoms with Crippen LogP contribution in [0.3, 0.4) is 0 Å². The summed E-state index contributed by atoms with van der Waals surface area (Å²) in [7, 11) is 0. The van der Waals surface area contributed by atoms with Gasteiger partial charge in [0.1, 0.15) is 5.82 Å². The molecule has 2 saturated heterocycles. The number of amides is 1. The van der Waals surface area contributed by atoms with Gasteiger partial charge in [-0.3, -0.25) is 4.79 Å². The van der Waals surface area contributed by atoms with Crippen molar-refractivity contribution in [3.8, 4) is 0 Å². The van der Waals surface area contributed by atoms with Crippen molar-refractivity contribution in [2.75, 3.05) is 31.6 Å². The lowest BCUT2D eigenvalue weighted by atomic mass is 10.0. The Balaban J connectivity index is 1.44. The average Bonchev–Trinajstić information content (AvgIpc) is 3.12. The normalized spacial score (nSPS) is 18.9. The molecular formula is C19H20ClN3O3. The summed E-state index contributed by atoms with van der Waals surface area (Å²) in [6, 6.07) is 10.9. The van der Waals surface area contributed by atoms with E-state index in [1.807, 2.05) is 23.1 Å². The summed E-state index contributed by atoms with van der Waals surface area (Å²) in [5.74, 6) is 0.0913. The van der Waals surface area contributed by atoms with E-state index < -0.39 is 5.79 Å². The Morgan fingerprint density at radius 3 is 2.62 bits per heavy atom. The van der Waals surface area contributed by atoms with Crippen molar-refractivity contribution >= 4 is 29.0 Å². The van der Waals surface area contributed by atoms with Crippen LogP contribution in [0.25, 0.3) is 0 Å². The standard InChI is InChI=1S/C19H20ClN3O3/c20-15-3-1-2-4-16(15)22-17-13-14(5-8-21-17)18(24)23-9-6-19(7-10-23)25-11-12-26-19/h1-5,8,13H,6-7,9-12H2,(H,21,22). The number of carbonyl (C=O) groups excluding carboxylic acids is 1. The van der Waals surface area contributed by atoms with Crippen molar-refractivity contribution in [2.24, 2.45) is 0 Å². The highest BCUT2D eigenvalue weighted by Crippen LogP contribution is 2.32. The number of aromatic nitrogens is 1. The Morgan fingerprint density at radius 1 is 1.15 bits per heavy atom. The van der Waals surface area contributed by atoms with Crippen molar-refractivity contribution < 1.29 is 14.3 Å². The Hall–Kier alpha value is -2.15. The monoisotopic (exact) mass is 373 g/mol. The number of benzene rings is 1. The van der Waals surface area contributed by atoms with Gasteiger partial charge in [0, 0.05) is 37.7 Å². The van der Waals surface area contributed by atoms with Gasteiger partial charge >= 0.3 is 0 Å². The van der Waals surface area contributed by atoms with E-state index in [9.17, 15) is 4.79 Å². The Kier molecular flexibility index (Phi) is 4.80. The van der Waals surface area contributed by atoms with Gasteiger partial charge in [0.05, 0.1) is 23.9 Å². The van der Waals surface area contributed by atoms with Gasteiger partial charge in [-0.1, -0.05) is 23.7 Å². The fourth-order valence-corrected chi connectivity index (χ4v) is 3.53. The first-order valence-electron chi connectivity index (χ1n) is 8.70. The lowest BCUT2D eigenvalue weighted by molar-refractivity contribution is -0.181. The lowest BCUT2D eigenvalue weighted by Crippen LogP contribution is -2.47. The van der Waals surface area contributed by atoms with E-state index in [1.165, 1.54) is 0 Å². The molecule has 4 rings (SSSR count). The molecule has 2 aliphatic heterocycles. The van der Waals surface area contributed by atoms with Gasteiger partial charge in [0.2, 0.25) is 0 Å². The van der Waals surface area contributed by atoms with Gasteiger partial charge in [-0.2, -0.15) is 0 Å². The molecule has 1 aromatic carbocycles.